The number of ether oxygens (including phenoxy) is 2. The molecule has 0 amide bonds. The standard InChI is InChI=1S/C22H25NO5/c1-15-13-18(16(2)23(15)12-9-20(25)27-3)19(24)14-28-21(26)22(10-11-22)17-7-5-4-6-8-17/h4-8,13H,9-12,14H2,1-3H3. The van der Waals surface area contributed by atoms with Crippen molar-refractivity contribution in [2.24, 2.45) is 0 Å². The lowest BCUT2D eigenvalue weighted by Gasteiger charge is -2.14. The lowest BCUT2D eigenvalue weighted by molar-refractivity contribution is -0.145. The molecule has 0 saturated heterocycles. The Morgan fingerprint density at radius 3 is 2.39 bits per heavy atom. The number of carbonyl (C=O) groups excluding carboxylic acids is 3. The monoisotopic (exact) mass is 383 g/mol. The van der Waals surface area contributed by atoms with Crippen molar-refractivity contribution in [2.45, 2.75) is 45.1 Å². The minimum absolute atomic E-state index is 0.231. The van der Waals surface area contributed by atoms with Crippen molar-refractivity contribution in [3.63, 3.8) is 0 Å². The van der Waals surface area contributed by atoms with Crippen LogP contribution in [-0.4, -0.2) is 36.0 Å². The van der Waals surface area contributed by atoms with E-state index in [1.807, 2.05) is 48.7 Å². The van der Waals surface area contributed by atoms with Crippen LogP contribution < -0.4 is 0 Å². The molecule has 1 aromatic carbocycles. The maximum atomic E-state index is 12.6. The largest absolute Gasteiger partial charge is 0.469 e. The smallest absolute Gasteiger partial charge is 0.317 e. The number of hydrogen-bond donors (Lipinski definition) is 0. The van der Waals surface area contributed by atoms with E-state index in [4.69, 9.17) is 4.74 Å². The van der Waals surface area contributed by atoms with Crippen LogP contribution >= 0.6 is 0 Å². The Labute approximate surface area is 164 Å². The molecule has 3 rings (SSSR count). The fourth-order valence-electron chi connectivity index (χ4n) is 3.57. The van der Waals surface area contributed by atoms with E-state index in [0.717, 1.165) is 29.8 Å². The number of hydrogen-bond acceptors (Lipinski definition) is 5. The summed E-state index contributed by atoms with van der Waals surface area (Å²) in [5.41, 5.74) is 2.48. The predicted molar refractivity (Wildman–Crippen MR) is 103 cm³/mol. The molecule has 148 valence electrons. The van der Waals surface area contributed by atoms with Gasteiger partial charge in [-0.2, -0.15) is 0 Å². The number of aromatic nitrogens is 1. The van der Waals surface area contributed by atoms with E-state index in [1.165, 1.54) is 7.11 Å². The van der Waals surface area contributed by atoms with Crippen LogP contribution in [0.15, 0.2) is 36.4 Å². The molecule has 1 aliphatic rings. The Morgan fingerprint density at radius 2 is 1.79 bits per heavy atom. The highest BCUT2D eigenvalue weighted by molar-refractivity contribution is 6.00. The second-order valence-electron chi connectivity index (χ2n) is 7.21. The Kier molecular flexibility index (Phi) is 5.68. The number of nitrogens with zero attached hydrogens (tertiary/aromatic N) is 1. The highest BCUT2D eigenvalue weighted by Gasteiger charge is 2.52. The molecular weight excluding hydrogens is 358 g/mol. The van der Waals surface area contributed by atoms with Gasteiger partial charge in [0.25, 0.3) is 0 Å². The summed E-state index contributed by atoms with van der Waals surface area (Å²) in [7, 11) is 1.35. The van der Waals surface area contributed by atoms with Crippen LogP contribution in [-0.2, 0) is 31.0 Å². The summed E-state index contributed by atoms with van der Waals surface area (Å²) >= 11 is 0. The SMILES string of the molecule is COC(=O)CCn1c(C)cc(C(=O)COC(=O)C2(c3ccccc3)CC2)c1C. The summed E-state index contributed by atoms with van der Waals surface area (Å²) in [6.45, 7) is 3.86. The molecule has 0 unspecified atom stereocenters. The first-order valence-corrected chi connectivity index (χ1v) is 9.38. The van der Waals surface area contributed by atoms with Crippen LogP contribution in [0, 0.1) is 13.8 Å². The van der Waals surface area contributed by atoms with Gasteiger partial charge < -0.3 is 14.0 Å². The van der Waals surface area contributed by atoms with Gasteiger partial charge in [0.15, 0.2) is 6.61 Å². The fourth-order valence-corrected chi connectivity index (χ4v) is 3.57. The molecule has 0 radical (unpaired) electrons. The fraction of sp³-hybridized carbons (Fsp3) is 0.409. The molecule has 0 aliphatic heterocycles. The number of benzene rings is 1. The molecule has 6 heteroatoms. The van der Waals surface area contributed by atoms with Crippen molar-refractivity contribution in [1.82, 2.24) is 4.57 Å². The molecule has 28 heavy (non-hydrogen) atoms. The maximum absolute atomic E-state index is 12.6. The number of rotatable bonds is 8. The molecule has 6 nitrogen and oxygen atoms in total. The highest BCUT2D eigenvalue weighted by atomic mass is 16.5. The highest BCUT2D eigenvalue weighted by Crippen LogP contribution is 2.49. The van der Waals surface area contributed by atoms with Gasteiger partial charge in [0.05, 0.1) is 18.9 Å². The Bertz CT molecular complexity index is 893. The molecule has 1 saturated carbocycles. The van der Waals surface area contributed by atoms with E-state index in [1.54, 1.807) is 6.07 Å². The van der Waals surface area contributed by atoms with Crippen molar-refractivity contribution in [3.05, 3.63) is 58.9 Å². The lowest BCUT2D eigenvalue weighted by atomic mass is 9.96. The topological polar surface area (TPSA) is 74.6 Å². The first-order chi connectivity index (χ1) is 13.4. The summed E-state index contributed by atoms with van der Waals surface area (Å²) in [5.74, 6) is -0.883. The van der Waals surface area contributed by atoms with Gasteiger partial charge in [-0.25, -0.2) is 0 Å². The van der Waals surface area contributed by atoms with Crippen molar-refractivity contribution in [1.29, 1.82) is 0 Å². The van der Waals surface area contributed by atoms with E-state index in [2.05, 4.69) is 4.74 Å². The van der Waals surface area contributed by atoms with Crippen molar-refractivity contribution in [2.75, 3.05) is 13.7 Å². The van der Waals surface area contributed by atoms with Gasteiger partial charge in [0.2, 0.25) is 5.78 Å². The lowest BCUT2D eigenvalue weighted by Crippen LogP contribution is -2.26. The van der Waals surface area contributed by atoms with Gasteiger partial charge in [-0.15, -0.1) is 0 Å². The van der Waals surface area contributed by atoms with Crippen LogP contribution in [0.25, 0.3) is 0 Å². The third-order valence-electron chi connectivity index (χ3n) is 5.44. The van der Waals surface area contributed by atoms with Crippen LogP contribution in [0.2, 0.25) is 0 Å². The summed E-state index contributed by atoms with van der Waals surface area (Å²) in [6, 6.07) is 11.3. The van der Waals surface area contributed by atoms with Crippen molar-refractivity contribution in [3.8, 4) is 0 Å². The zero-order valence-corrected chi connectivity index (χ0v) is 16.5. The van der Waals surface area contributed by atoms with Gasteiger partial charge in [0, 0.05) is 23.5 Å². The first kappa shape index (κ1) is 19.9. The summed E-state index contributed by atoms with van der Waals surface area (Å²) in [6.07, 6.45) is 1.72. The van der Waals surface area contributed by atoms with E-state index in [-0.39, 0.29) is 30.7 Å². The van der Waals surface area contributed by atoms with E-state index in [9.17, 15) is 14.4 Å². The Hall–Kier alpha value is -2.89. The normalized spacial score (nSPS) is 14.4. The Morgan fingerprint density at radius 1 is 1.11 bits per heavy atom. The maximum Gasteiger partial charge on any atom is 0.317 e. The second-order valence-corrected chi connectivity index (χ2v) is 7.21. The molecule has 0 atom stereocenters. The summed E-state index contributed by atoms with van der Waals surface area (Å²) in [5, 5.41) is 0. The number of esters is 2. The third-order valence-corrected chi connectivity index (χ3v) is 5.44. The number of carbonyl (C=O) groups is 3. The number of methoxy groups -OCH3 is 1. The van der Waals surface area contributed by atoms with Crippen LogP contribution in [0.4, 0.5) is 0 Å². The molecule has 0 bridgehead atoms. The van der Waals surface area contributed by atoms with Crippen LogP contribution in [0.5, 0.6) is 0 Å². The Balaban J connectivity index is 1.64. The average Bonchev–Trinajstić information content (AvgIpc) is 3.47. The first-order valence-electron chi connectivity index (χ1n) is 9.38. The van der Waals surface area contributed by atoms with Crippen molar-refractivity contribution >= 4 is 17.7 Å². The molecule has 1 fully saturated rings. The number of Topliss-reactive ketones (excluding diaryl/α,β-unsaturated/α-hetero) is 1. The molecule has 1 heterocycles. The van der Waals surface area contributed by atoms with Gasteiger partial charge in [-0.1, -0.05) is 30.3 Å². The molecule has 1 aliphatic carbocycles. The van der Waals surface area contributed by atoms with Crippen molar-refractivity contribution < 1.29 is 23.9 Å². The summed E-state index contributed by atoms with van der Waals surface area (Å²) < 4.78 is 12.0. The van der Waals surface area contributed by atoms with Gasteiger partial charge >= 0.3 is 11.9 Å². The molecule has 0 N–H and O–H groups in total. The zero-order chi connectivity index (χ0) is 20.3. The van der Waals surface area contributed by atoms with Crippen LogP contribution in [0.1, 0.15) is 46.6 Å². The van der Waals surface area contributed by atoms with E-state index in [0.29, 0.717) is 12.1 Å². The van der Waals surface area contributed by atoms with E-state index < -0.39 is 5.41 Å². The molecular formula is C22H25NO5. The molecule has 0 spiro atoms. The summed E-state index contributed by atoms with van der Waals surface area (Å²) in [4.78, 5) is 36.6. The predicted octanol–water partition coefficient (Wildman–Crippen LogP) is 3.13. The van der Waals surface area contributed by atoms with Gasteiger partial charge in [-0.3, -0.25) is 14.4 Å². The molecule has 2 aromatic rings. The van der Waals surface area contributed by atoms with Crippen LogP contribution in [0.3, 0.4) is 0 Å². The third kappa shape index (κ3) is 3.86. The number of ketones is 1. The van der Waals surface area contributed by atoms with Gasteiger partial charge in [0.1, 0.15) is 0 Å². The minimum Gasteiger partial charge on any atom is -0.469 e. The molecule has 1 aromatic heterocycles. The average molecular weight is 383 g/mol. The number of aryl methyl sites for hydroxylation is 1. The second kappa shape index (κ2) is 8.00. The quantitative estimate of drug-likeness (QED) is 0.517. The minimum atomic E-state index is -0.598. The van der Waals surface area contributed by atoms with Gasteiger partial charge in [-0.05, 0) is 38.3 Å². The van der Waals surface area contributed by atoms with E-state index >= 15 is 0 Å². The zero-order valence-electron chi connectivity index (χ0n) is 16.5.